The first-order valence-electron chi connectivity index (χ1n) is 3.06. The van der Waals surface area contributed by atoms with Crippen LogP contribution in [0, 0.1) is 0 Å². The minimum atomic E-state index is -0.378. The Labute approximate surface area is 60.6 Å². The van der Waals surface area contributed by atoms with Gasteiger partial charge in [-0.3, -0.25) is 0 Å². The number of rotatable bonds is 3. The first-order chi connectivity index (χ1) is 4.66. The van der Waals surface area contributed by atoms with Gasteiger partial charge in [0.1, 0.15) is 0 Å². The van der Waals surface area contributed by atoms with E-state index in [0.29, 0.717) is 0 Å². The van der Waals surface area contributed by atoms with Crippen LogP contribution >= 0.6 is 0 Å². The van der Waals surface area contributed by atoms with E-state index in [1.54, 1.807) is 13.8 Å². The molecule has 0 aliphatic heterocycles. The van der Waals surface area contributed by atoms with Crippen molar-refractivity contribution < 1.29 is 14.3 Å². The van der Waals surface area contributed by atoms with Gasteiger partial charge in [-0.2, -0.15) is 0 Å². The van der Waals surface area contributed by atoms with Gasteiger partial charge in [-0.05, 0) is 13.8 Å². The van der Waals surface area contributed by atoms with Crippen molar-refractivity contribution in [2.75, 3.05) is 7.11 Å². The summed E-state index contributed by atoms with van der Waals surface area (Å²) in [7, 11) is 1.47. The molecular weight excluding hydrogens is 132 g/mol. The second kappa shape index (κ2) is 4.85. The van der Waals surface area contributed by atoms with Crippen molar-refractivity contribution in [3.8, 4) is 0 Å². The summed E-state index contributed by atoms with van der Waals surface area (Å²) in [5, 5.41) is 0. The molecule has 0 aliphatic carbocycles. The molecule has 0 bridgehead atoms. The summed E-state index contributed by atoms with van der Waals surface area (Å²) in [6.07, 6.45) is 2.44. The minimum Gasteiger partial charge on any atom is -0.504 e. The van der Waals surface area contributed by atoms with Crippen LogP contribution in [0.2, 0.25) is 0 Å². The normalized spacial score (nSPS) is 10.4. The van der Waals surface area contributed by atoms with E-state index in [0.717, 1.165) is 0 Å². The standard InChI is InChI=1S/C7H12O3/c1-6(2)10-7(8)4-5-9-3/h4-6H,1-3H3/b5-4+. The molecule has 0 spiro atoms. The summed E-state index contributed by atoms with van der Waals surface area (Å²) in [5.41, 5.74) is 0. The highest BCUT2D eigenvalue weighted by Crippen LogP contribution is 1.89. The van der Waals surface area contributed by atoms with Crippen LogP contribution in [0.25, 0.3) is 0 Å². The van der Waals surface area contributed by atoms with Gasteiger partial charge < -0.3 is 9.47 Å². The number of ether oxygens (including phenoxy) is 2. The number of hydrogen-bond acceptors (Lipinski definition) is 3. The zero-order valence-corrected chi connectivity index (χ0v) is 6.46. The van der Waals surface area contributed by atoms with Gasteiger partial charge in [0.15, 0.2) is 0 Å². The number of methoxy groups -OCH3 is 1. The monoisotopic (exact) mass is 144 g/mol. The van der Waals surface area contributed by atoms with Gasteiger partial charge in [-0.1, -0.05) is 0 Å². The Morgan fingerprint density at radius 1 is 1.50 bits per heavy atom. The maximum Gasteiger partial charge on any atom is 0.334 e. The molecule has 58 valence electrons. The van der Waals surface area contributed by atoms with Crippen molar-refractivity contribution in [1.29, 1.82) is 0 Å². The number of carbonyl (C=O) groups is 1. The summed E-state index contributed by atoms with van der Waals surface area (Å²) in [4.78, 5) is 10.6. The van der Waals surface area contributed by atoms with Crippen LogP contribution in [-0.2, 0) is 14.3 Å². The molecule has 3 heteroatoms. The van der Waals surface area contributed by atoms with Crippen LogP contribution in [0.15, 0.2) is 12.3 Å². The number of carbonyl (C=O) groups excluding carboxylic acids is 1. The predicted molar refractivity (Wildman–Crippen MR) is 37.4 cm³/mol. The maximum absolute atomic E-state index is 10.6. The van der Waals surface area contributed by atoms with E-state index in [1.807, 2.05) is 0 Å². The Hall–Kier alpha value is -0.990. The molecule has 0 aromatic heterocycles. The van der Waals surface area contributed by atoms with E-state index in [9.17, 15) is 4.79 Å². The van der Waals surface area contributed by atoms with Crippen LogP contribution < -0.4 is 0 Å². The highest BCUT2D eigenvalue weighted by molar-refractivity contribution is 5.81. The van der Waals surface area contributed by atoms with Gasteiger partial charge in [0.2, 0.25) is 0 Å². The quantitative estimate of drug-likeness (QED) is 0.338. The largest absolute Gasteiger partial charge is 0.504 e. The average Bonchev–Trinajstić information content (AvgIpc) is 1.82. The van der Waals surface area contributed by atoms with E-state index < -0.39 is 0 Å². The molecule has 0 rings (SSSR count). The van der Waals surface area contributed by atoms with Gasteiger partial charge in [-0.15, -0.1) is 0 Å². The van der Waals surface area contributed by atoms with E-state index in [1.165, 1.54) is 19.4 Å². The van der Waals surface area contributed by atoms with Crippen LogP contribution in [-0.4, -0.2) is 19.2 Å². The van der Waals surface area contributed by atoms with E-state index in [4.69, 9.17) is 4.74 Å². The summed E-state index contributed by atoms with van der Waals surface area (Å²) in [5.74, 6) is -0.378. The van der Waals surface area contributed by atoms with Gasteiger partial charge >= 0.3 is 5.97 Å². The topological polar surface area (TPSA) is 35.5 Å². The molecular formula is C7H12O3. The molecule has 0 saturated heterocycles. The first kappa shape index (κ1) is 9.01. The Morgan fingerprint density at radius 2 is 2.10 bits per heavy atom. The van der Waals surface area contributed by atoms with E-state index in [-0.39, 0.29) is 12.1 Å². The molecule has 10 heavy (non-hydrogen) atoms. The lowest BCUT2D eigenvalue weighted by molar-refractivity contribution is -0.141. The number of esters is 1. The highest BCUT2D eigenvalue weighted by atomic mass is 16.5. The van der Waals surface area contributed by atoms with Crippen molar-refractivity contribution in [1.82, 2.24) is 0 Å². The molecule has 0 aromatic rings. The predicted octanol–water partition coefficient (Wildman–Crippen LogP) is 1.10. The second-order valence-electron chi connectivity index (χ2n) is 2.02. The van der Waals surface area contributed by atoms with Crippen molar-refractivity contribution in [3.63, 3.8) is 0 Å². The molecule has 0 atom stereocenters. The third kappa shape index (κ3) is 5.15. The molecule has 0 heterocycles. The summed E-state index contributed by atoms with van der Waals surface area (Å²) in [6, 6.07) is 0. The van der Waals surface area contributed by atoms with Crippen LogP contribution in [0.3, 0.4) is 0 Å². The van der Waals surface area contributed by atoms with Crippen LogP contribution in [0.1, 0.15) is 13.8 Å². The smallest absolute Gasteiger partial charge is 0.334 e. The van der Waals surface area contributed by atoms with Crippen molar-refractivity contribution >= 4 is 5.97 Å². The fraction of sp³-hybridized carbons (Fsp3) is 0.571. The third-order valence-corrected chi connectivity index (χ3v) is 0.692. The fourth-order valence-electron chi connectivity index (χ4n) is 0.395. The summed E-state index contributed by atoms with van der Waals surface area (Å²) < 4.78 is 9.26. The number of hydrogen-bond donors (Lipinski definition) is 0. The lowest BCUT2D eigenvalue weighted by atomic mass is 10.5. The van der Waals surface area contributed by atoms with Gasteiger partial charge in [0.05, 0.1) is 25.6 Å². The zero-order valence-electron chi connectivity index (χ0n) is 6.46. The molecule has 0 aromatic carbocycles. The Balaban J connectivity index is 3.54. The molecule has 0 aliphatic rings. The molecule has 0 unspecified atom stereocenters. The molecule has 0 saturated carbocycles. The third-order valence-electron chi connectivity index (χ3n) is 0.692. The molecule has 0 radical (unpaired) electrons. The van der Waals surface area contributed by atoms with Crippen molar-refractivity contribution in [2.45, 2.75) is 20.0 Å². The summed E-state index contributed by atoms with van der Waals surface area (Å²) >= 11 is 0. The molecule has 3 nitrogen and oxygen atoms in total. The lowest BCUT2D eigenvalue weighted by Crippen LogP contribution is -2.08. The van der Waals surface area contributed by atoms with Crippen LogP contribution in [0.5, 0.6) is 0 Å². The fourth-order valence-corrected chi connectivity index (χ4v) is 0.395. The Kier molecular flexibility index (Phi) is 4.37. The molecule has 0 fully saturated rings. The average molecular weight is 144 g/mol. The second-order valence-corrected chi connectivity index (χ2v) is 2.02. The van der Waals surface area contributed by atoms with Gasteiger partial charge in [-0.25, -0.2) is 4.79 Å². The maximum atomic E-state index is 10.6. The highest BCUT2D eigenvalue weighted by Gasteiger charge is 1.98. The minimum absolute atomic E-state index is 0.0750. The first-order valence-corrected chi connectivity index (χ1v) is 3.06. The van der Waals surface area contributed by atoms with E-state index >= 15 is 0 Å². The molecule has 0 amide bonds. The van der Waals surface area contributed by atoms with Gasteiger partial charge in [0, 0.05) is 0 Å². The lowest BCUT2D eigenvalue weighted by Gasteiger charge is -2.03. The molecule has 0 N–H and O–H groups in total. The Bertz CT molecular complexity index is 127. The van der Waals surface area contributed by atoms with Crippen molar-refractivity contribution in [3.05, 3.63) is 12.3 Å². The van der Waals surface area contributed by atoms with Crippen LogP contribution in [0.4, 0.5) is 0 Å². The zero-order chi connectivity index (χ0) is 7.98. The Morgan fingerprint density at radius 3 is 2.50 bits per heavy atom. The van der Waals surface area contributed by atoms with Gasteiger partial charge in [0.25, 0.3) is 0 Å². The van der Waals surface area contributed by atoms with Crippen molar-refractivity contribution in [2.24, 2.45) is 0 Å². The van der Waals surface area contributed by atoms with E-state index in [2.05, 4.69) is 4.74 Å². The summed E-state index contributed by atoms with van der Waals surface area (Å²) in [6.45, 7) is 3.58. The SMILES string of the molecule is CO/C=C/C(=O)OC(C)C.